The Morgan fingerprint density at radius 1 is 0.432 bits per heavy atom. The van der Waals surface area contributed by atoms with Crippen molar-refractivity contribution in [1.29, 1.82) is 0 Å². The summed E-state index contributed by atoms with van der Waals surface area (Å²) in [6.45, 7) is 4.24. The molecule has 1 heterocycles. The molecular formula is C65H104O9. The third kappa shape index (κ3) is 43.3. The third-order valence-corrected chi connectivity index (χ3v) is 12.3. The fourth-order valence-corrected chi connectivity index (χ4v) is 7.85. The normalized spacial score (nSPS) is 19.7. The zero-order valence-electron chi connectivity index (χ0n) is 46.3. The number of rotatable bonds is 48. The molecule has 74 heavy (non-hydrogen) atoms. The van der Waals surface area contributed by atoms with E-state index in [0.717, 1.165) is 141 Å². The van der Waals surface area contributed by atoms with E-state index in [1.807, 2.05) is 0 Å². The van der Waals surface area contributed by atoms with Crippen molar-refractivity contribution < 1.29 is 44.2 Å². The maximum absolute atomic E-state index is 12.9. The Morgan fingerprint density at radius 3 is 1.18 bits per heavy atom. The molecule has 6 atom stereocenters. The van der Waals surface area contributed by atoms with E-state index in [0.29, 0.717) is 13.0 Å². The molecule has 0 aromatic carbocycles. The number of unbranched alkanes of at least 4 members (excludes halogenated alkanes) is 13. The second-order valence-corrected chi connectivity index (χ2v) is 19.0. The van der Waals surface area contributed by atoms with Gasteiger partial charge in [-0.2, -0.15) is 0 Å². The van der Waals surface area contributed by atoms with Crippen LogP contribution in [0, 0.1) is 0 Å². The second-order valence-electron chi connectivity index (χ2n) is 19.0. The van der Waals surface area contributed by atoms with Crippen LogP contribution in [0.5, 0.6) is 0 Å². The van der Waals surface area contributed by atoms with Crippen molar-refractivity contribution in [3.8, 4) is 0 Å². The molecule has 418 valence electrons. The molecule has 9 nitrogen and oxygen atoms in total. The number of ether oxygens (including phenoxy) is 4. The fourth-order valence-electron chi connectivity index (χ4n) is 7.85. The summed E-state index contributed by atoms with van der Waals surface area (Å²) < 4.78 is 22.9. The van der Waals surface area contributed by atoms with E-state index in [1.54, 1.807) is 0 Å². The molecule has 6 unspecified atom stereocenters. The molecule has 0 amide bonds. The van der Waals surface area contributed by atoms with E-state index in [9.17, 15) is 25.2 Å². The Hall–Kier alpha value is -3.93. The van der Waals surface area contributed by atoms with Crippen molar-refractivity contribution in [2.24, 2.45) is 0 Å². The zero-order valence-corrected chi connectivity index (χ0v) is 46.3. The molecule has 1 aliphatic rings. The molecule has 1 saturated heterocycles. The van der Waals surface area contributed by atoms with Crippen molar-refractivity contribution in [2.75, 3.05) is 26.4 Å². The lowest BCUT2D eigenvalue weighted by molar-refractivity contribution is -0.305. The molecule has 1 aliphatic heterocycles. The highest BCUT2D eigenvalue weighted by Crippen LogP contribution is 2.23. The van der Waals surface area contributed by atoms with Crippen molar-refractivity contribution in [3.05, 3.63) is 146 Å². The number of aliphatic hydroxyl groups is 4. The Bertz CT molecular complexity index is 1640. The van der Waals surface area contributed by atoms with Crippen LogP contribution in [0.1, 0.15) is 194 Å². The Morgan fingerprint density at radius 2 is 0.784 bits per heavy atom. The summed E-state index contributed by atoms with van der Waals surface area (Å²) in [5.74, 6) is -0.336. The summed E-state index contributed by atoms with van der Waals surface area (Å²) in [7, 11) is 0. The Kier molecular flexibility index (Phi) is 49.6. The van der Waals surface area contributed by atoms with Crippen molar-refractivity contribution in [1.82, 2.24) is 0 Å². The van der Waals surface area contributed by atoms with Crippen LogP contribution in [-0.2, 0) is 23.7 Å². The maximum atomic E-state index is 12.9. The molecule has 0 aliphatic carbocycles. The van der Waals surface area contributed by atoms with Crippen molar-refractivity contribution in [3.63, 3.8) is 0 Å². The van der Waals surface area contributed by atoms with Gasteiger partial charge in [0.15, 0.2) is 6.29 Å². The van der Waals surface area contributed by atoms with Crippen molar-refractivity contribution >= 4 is 5.97 Å². The van der Waals surface area contributed by atoms with Gasteiger partial charge < -0.3 is 39.4 Å². The lowest BCUT2D eigenvalue weighted by atomic mass is 9.99. The van der Waals surface area contributed by atoms with E-state index >= 15 is 0 Å². The molecule has 4 N–H and O–H groups in total. The van der Waals surface area contributed by atoms with Crippen LogP contribution < -0.4 is 0 Å². The van der Waals surface area contributed by atoms with Crippen LogP contribution in [0.3, 0.4) is 0 Å². The highest BCUT2D eigenvalue weighted by Gasteiger charge is 2.44. The standard InChI is InChI=1S/C65H104O9/c1-3-5-7-9-11-13-15-17-19-21-23-25-27-29-31-33-35-37-39-41-43-45-47-49-51-53-55-71-57-59(58-72-65-64(70)63(69)62(68)60(56-66)74-65)73-61(67)54-52-50-48-46-44-42-40-38-36-34-32-30-28-26-24-22-20-18-16-14-12-10-8-6-4-2/h5-8,11-14,17-20,23-26,29-32,35,37,41,43,59-60,62-66,68-70H,3-4,9-10,15-16,21-22,27-28,33-34,36,38-40,42,44-58H2,1-2H3/b7-5-,8-6-,13-11-,14-12-,19-17-,20-18-,25-23-,26-24-,31-29-,32-30-,37-35-,43-41-. The topological polar surface area (TPSA) is 135 Å². The average molecular weight is 1030 g/mol. The van der Waals surface area contributed by atoms with Crippen LogP contribution in [0.15, 0.2) is 146 Å². The van der Waals surface area contributed by atoms with Gasteiger partial charge in [0.1, 0.15) is 30.5 Å². The van der Waals surface area contributed by atoms with E-state index in [1.165, 1.54) is 32.1 Å². The summed E-state index contributed by atoms with van der Waals surface area (Å²) in [6.07, 6.45) is 74.6. The monoisotopic (exact) mass is 1030 g/mol. The van der Waals surface area contributed by atoms with Gasteiger partial charge in [0.2, 0.25) is 0 Å². The molecule has 0 saturated carbocycles. The van der Waals surface area contributed by atoms with E-state index in [2.05, 4.69) is 160 Å². The third-order valence-electron chi connectivity index (χ3n) is 12.3. The highest BCUT2D eigenvalue weighted by atomic mass is 16.7. The number of carbonyl (C=O) groups excluding carboxylic acids is 1. The number of esters is 1. The molecule has 0 aromatic rings. The minimum atomic E-state index is -1.55. The summed E-state index contributed by atoms with van der Waals surface area (Å²) in [5, 5.41) is 40.4. The fraction of sp³-hybridized carbons (Fsp3) is 0.615. The number of aliphatic hydroxyl groups excluding tert-OH is 4. The molecule has 0 spiro atoms. The minimum Gasteiger partial charge on any atom is -0.457 e. The predicted molar refractivity (Wildman–Crippen MR) is 311 cm³/mol. The largest absolute Gasteiger partial charge is 0.457 e. The maximum Gasteiger partial charge on any atom is 0.306 e. The summed E-state index contributed by atoms with van der Waals surface area (Å²) >= 11 is 0. The second kappa shape index (κ2) is 53.9. The zero-order chi connectivity index (χ0) is 53.5. The summed E-state index contributed by atoms with van der Waals surface area (Å²) in [6, 6.07) is 0. The summed E-state index contributed by atoms with van der Waals surface area (Å²) in [4.78, 5) is 12.9. The molecule has 0 bridgehead atoms. The van der Waals surface area contributed by atoms with Crippen LogP contribution in [0.25, 0.3) is 0 Å². The van der Waals surface area contributed by atoms with Gasteiger partial charge in [0, 0.05) is 13.0 Å². The number of hydrogen-bond acceptors (Lipinski definition) is 9. The number of hydrogen-bond donors (Lipinski definition) is 4. The first kappa shape index (κ1) is 68.1. The smallest absolute Gasteiger partial charge is 0.306 e. The molecule has 0 radical (unpaired) electrons. The SMILES string of the molecule is CC/C=C\C/C=C\C/C=C\C/C=C\C/C=C\C/C=C\C/C=C\CCCCCCOCC(COC1OC(CO)C(O)C(O)C1O)OC(=O)CCCCCCCCCCC/C=C\C/C=C\C/C=C\C/C=C\C/C=C\CC. The average Bonchev–Trinajstić information content (AvgIpc) is 3.40. The van der Waals surface area contributed by atoms with Crippen molar-refractivity contribution in [2.45, 2.75) is 230 Å². The van der Waals surface area contributed by atoms with Gasteiger partial charge in [0.25, 0.3) is 0 Å². The molecule has 1 rings (SSSR count). The van der Waals surface area contributed by atoms with Gasteiger partial charge >= 0.3 is 5.97 Å². The number of carbonyl (C=O) groups is 1. The molecule has 9 heteroatoms. The predicted octanol–water partition coefficient (Wildman–Crippen LogP) is 15.4. The highest BCUT2D eigenvalue weighted by molar-refractivity contribution is 5.69. The first-order chi connectivity index (χ1) is 36.4. The first-order valence-electron chi connectivity index (χ1n) is 28.9. The minimum absolute atomic E-state index is 0.114. The molecule has 0 aromatic heterocycles. The van der Waals surface area contributed by atoms with Gasteiger partial charge in [-0.05, 0) is 116 Å². The Balaban J connectivity index is 2.22. The quantitative estimate of drug-likeness (QED) is 0.0267. The van der Waals surface area contributed by atoms with E-state index in [-0.39, 0.29) is 19.2 Å². The molecule has 1 fully saturated rings. The first-order valence-corrected chi connectivity index (χ1v) is 28.9. The van der Waals surface area contributed by atoms with E-state index < -0.39 is 43.4 Å². The summed E-state index contributed by atoms with van der Waals surface area (Å²) in [5.41, 5.74) is 0. The number of allylic oxidation sites excluding steroid dienone is 24. The van der Waals surface area contributed by atoms with Crippen LogP contribution in [0.2, 0.25) is 0 Å². The van der Waals surface area contributed by atoms with Crippen LogP contribution in [0.4, 0.5) is 0 Å². The van der Waals surface area contributed by atoms with Gasteiger partial charge in [-0.15, -0.1) is 0 Å². The molecular weight excluding hydrogens is 925 g/mol. The van der Waals surface area contributed by atoms with E-state index in [4.69, 9.17) is 18.9 Å². The van der Waals surface area contributed by atoms with Gasteiger partial charge in [-0.3, -0.25) is 4.79 Å². The van der Waals surface area contributed by atoms with Gasteiger partial charge in [0.05, 0.1) is 19.8 Å². The lowest BCUT2D eigenvalue weighted by Gasteiger charge is -2.39. The van der Waals surface area contributed by atoms with Crippen LogP contribution in [-0.4, -0.2) is 89.6 Å². The Labute approximate surface area is 451 Å². The van der Waals surface area contributed by atoms with Crippen LogP contribution >= 0.6 is 0 Å². The van der Waals surface area contributed by atoms with Gasteiger partial charge in [-0.1, -0.05) is 217 Å². The van der Waals surface area contributed by atoms with Gasteiger partial charge in [-0.25, -0.2) is 0 Å². The lowest BCUT2D eigenvalue weighted by Crippen LogP contribution is -2.59.